The van der Waals surface area contributed by atoms with Crippen LogP contribution in [0.4, 0.5) is 0 Å². The predicted molar refractivity (Wildman–Crippen MR) is 102 cm³/mol. The van der Waals surface area contributed by atoms with Crippen molar-refractivity contribution in [1.29, 1.82) is 0 Å². The Bertz CT molecular complexity index is 597. The zero-order valence-electron chi connectivity index (χ0n) is 16.1. The van der Waals surface area contributed by atoms with Crippen LogP contribution < -0.4 is 10.6 Å². The smallest absolute Gasteiger partial charge is 0.135 e. The highest BCUT2D eigenvalue weighted by Gasteiger charge is 2.37. The van der Waals surface area contributed by atoms with Gasteiger partial charge in [0.25, 0.3) is 0 Å². The summed E-state index contributed by atoms with van der Waals surface area (Å²) in [5.41, 5.74) is 4.39. The molecule has 3 rings (SSSR count). The first-order valence-corrected chi connectivity index (χ1v) is 9.33. The molecule has 0 saturated carbocycles. The quantitative estimate of drug-likeness (QED) is 0.862. The van der Waals surface area contributed by atoms with Crippen molar-refractivity contribution in [2.75, 3.05) is 6.54 Å². The van der Waals surface area contributed by atoms with Crippen molar-refractivity contribution >= 4 is 0 Å². The van der Waals surface area contributed by atoms with Crippen molar-refractivity contribution in [3.05, 3.63) is 47.2 Å². The third-order valence-corrected chi connectivity index (χ3v) is 5.63. The van der Waals surface area contributed by atoms with Gasteiger partial charge in [0.15, 0.2) is 0 Å². The number of nitrogens with zero attached hydrogens (tertiary/aromatic N) is 1. The van der Waals surface area contributed by atoms with Gasteiger partial charge < -0.3 is 5.32 Å². The second-order valence-corrected chi connectivity index (χ2v) is 8.60. The lowest BCUT2D eigenvalue weighted by Gasteiger charge is -2.38. The monoisotopic (exact) mass is 327 g/mol. The van der Waals surface area contributed by atoms with Crippen LogP contribution in [0.5, 0.6) is 0 Å². The van der Waals surface area contributed by atoms with E-state index in [9.17, 15) is 0 Å². The maximum Gasteiger partial charge on any atom is 0.135 e. The average molecular weight is 328 g/mol. The maximum absolute atomic E-state index is 3.66. The largest absolute Gasteiger partial charge is 0.361 e. The first-order valence-electron chi connectivity index (χ1n) is 9.33. The Morgan fingerprint density at radius 1 is 1.08 bits per heavy atom. The molecule has 2 aliphatic rings. The van der Waals surface area contributed by atoms with Gasteiger partial charge in [-0.15, -0.1) is 0 Å². The number of hydrogen-bond donors (Lipinski definition) is 2. The summed E-state index contributed by atoms with van der Waals surface area (Å²) in [5, 5.41) is 7.25. The number of hydrogen-bond acceptors (Lipinski definition) is 3. The molecule has 0 amide bonds. The van der Waals surface area contributed by atoms with Gasteiger partial charge in [-0.3, -0.25) is 10.2 Å². The minimum Gasteiger partial charge on any atom is -0.361 e. The molecule has 3 nitrogen and oxygen atoms in total. The Kier molecular flexibility index (Phi) is 4.76. The highest BCUT2D eigenvalue weighted by molar-refractivity contribution is 5.31. The maximum atomic E-state index is 3.66. The molecule has 132 valence electrons. The Morgan fingerprint density at radius 2 is 1.75 bits per heavy atom. The van der Waals surface area contributed by atoms with E-state index >= 15 is 0 Å². The predicted octanol–water partition coefficient (Wildman–Crippen LogP) is 3.93. The summed E-state index contributed by atoms with van der Waals surface area (Å²) in [5.74, 6) is 0.615. The van der Waals surface area contributed by atoms with Gasteiger partial charge in [0.05, 0.1) is 0 Å². The van der Waals surface area contributed by atoms with Gasteiger partial charge in [-0.05, 0) is 49.8 Å². The van der Waals surface area contributed by atoms with E-state index < -0.39 is 0 Å². The van der Waals surface area contributed by atoms with Crippen LogP contribution in [-0.2, 0) is 5.41 Å². The molecular formula is C21H33N3. The van der Waals surface area contributed by atoms with Crippen LogP contribution in [-0.4, -0.2) is 29.8 Å². The highest BCUT2D eigenvalue weighted by atomic mass is 15.4. The second kappa shape index (κ2) is 6.53. The van der Waals surface area contributed by atoms with Crippen LogP contribution in [0.15, 0.2) is 36.0 Å². The lowest BCUT2D eigenvalue weighted by Crippen LogP contribution is -2.59. The summed E-state index contributed by atoms with van der Waals surface area (Å²) in [6, 6.07) is 10.3. The molecule has 1 aromatic rings. The van der Waals surface area contributed by atoms with Gasteiger partial charge in [-0.25, -0.2) is 0 Å². The summed E-state index contributed by atoms with van der Waals surface area (Å²) >= 11 is 0. The van der Waals surface area contributed by atoms with Gasteiger partial charge in [0, 0.05) is 30.2 Å². The molecule has 2 heterocycles. The summed E-state index contributed by atoms with van der Waals surface area (Å²) in [6.07, 6.45) is 3.73. The van der Waals surface area contributed by atoms with Gasteiger partial charge in [0.1, 0.15) is 6.29 Å². The number of allylic oxidation sites excluding steroid dienone is 1. The second-order valence-electron chi connectivity index (χ2n) is 8.60. The Balaban J connectivity index is 1.72. The molecule has 2 aliphatic heterocycles. The molecule has 0 bridgehead atoms. The van der Waals surface area contributed by atoms with Crippen molar-refractivity contribution in [2.24, 2.45) is 0 Å². The molecule has 4 atom stereocenters. The molecule has 1 fully saturated rings. The molecule has 1 saturated heterocycles. The zero-order valence-corrected chi connectivity index (χ0v) is 16.1. The van der Waals surface area contributed by atoms with Crippen LogP contribution in [0.25, 0.3) is 0 Å². The van der Waals surface area contributed by atoms with Crippen molar-refractivity contribution in [2.45, 2.75) is 77.7 Å². The van der Waals surface area contributed by atoms with Gasteiger partial charge in [-0.2, -0.15) is 0 Å². The van der Waals surface area contributed by atoms with E-state index in [1.165, 1.54) is 23.2 Å². The van der Waals surface area contributed by atoms with E-state index in [0.29, 0.717) is 18.0 Å². The molecule has 0 spiro atoms. The van der Waals surface area contributed by atoms with E-state index in [4.69, 9.17) is 0 Å². The number of rotatable bonds is 2. The van der Waals surface area contributed by atoms with Crippen molar-refractivity contribution in [1.82, 2.24) is 15.5 Å². The van der Waals surface area contributed by atoms with Crippen molar-refractivity contribution in [3.8, 4) is 0 Å². The first kappa shape index (κ1) is 17.5. The molecule has 0 aliphatic carbocycles. The van der Waals surface area contributed by atoms with E-state index in [2.05, 4.69) is 87.4 Å². The van der Waals surface area contributed by atoms with Crippen molar-refractivity contribution < 1.29 is 0 Å². The lowest BCUT2D eigenvalue weighted by molar-refractivity contribution is 0.121. The summed E-state index contributed by atoms with van der Waals surface area (Å²) < 4.78 is 0. The number of benzene rings is 1. The molecular weight excluding hydrogens is 294 g/mol. The van der Waals surface area contributed by atoms with Crippen LogP contribution in [0, 0.1) is 0 Å². The Hall–Kier alpha value is -1.32. The minimum atomic E-state index is 0.224. The third kappa shape index (κ3) is 3.52. The molecule has 3 heteroatoms. The van der Waals surface area contributed by atoms with Crippen molar-refractivity contribution in [3.63, 3.8) is 0 Å². The average Bonchev–Trinajstić information content (AvgIpc) is 2.87. The minimum absolute atomic E-state index is 0.224. The Morgan fingerprint density at radius 3 is 2.33 bits per heavy atom. The standard InChI is InChI=1S/C21H33N3/c1-14-13-15(2)23-20(22-14)24-12-11-19(16(24)3)17-7-9-18(10-8-17)21(4,5)6/h7-10,13-14,16,19-20,22-23H,11-12H2,1-6H3/t14?,16-,19+,20?/m0/s1. The SMILES string of the molecule is CC1=CC(C)NC(N2CC[C@@H](c3ccc(C(C)(C)C)cc3)[C@@H]2C)N1. The van der Waals surface area contributed by atoms with Crippen LogP contribution in [0.2, 0.25) is 0 Å². The van der Waals surface area contributed by atoms with E-state index in [1.54, 1.807) is 0 Å². The zero-order chi connectivity index (χ0) is 17.5. The highest BCUT2D eigenvalue weighted by Crippen LogP contribution is 2.35. The molecule has 24 heavy (non-hydrogen) atoms. The molecule has 1 aromatic carbocycles. The summed E-state index contributed by atoms with van der Waals surface area (Å²) in [7, 11) is 0. The molecule has 0 aromatic heterocycles. The Labute approximate surface area is 147 Å². The molecule has 2 unspecified atom stereocenters. The van der Waals surface area contributed by atoms with Gasteiger partial charge >= 0.3 is 0 Å². The van der Waals surface area contributed by atoms with Gasteiger partial charge in [0.2, 0.25) is 0 Å². The summed E-state index contributed by atoms with van der Waals surface area (Å²) in [4.78, 5) is 2.58. The van der Waals surface area contributed by atoms with Crippen LogP contribution in [0.1, 0.15) is 65.0 Å². The topological polar surface area (TPSA) is 27.3 Å². The fourth-order valence-electron chi connectivity index (χ4n) is 4.16. The normalized spacial score (nSPS) is 31.7. The van der Waals surface area contributed by atoms with Gasteiger partial charge in [-0.1, -0.05) is 45.0 Å². The van der Waals surface area contributed by atoms with E-state index in [-0.39, 0.29) is 11.7 Å². The van der Waals surface area contributed by atoms with E-state index in [1.807, 2.05) is 0 Å². The molecule has 0 radical (unpaired) electrons. The number of likely N-dealkylation sites (tertiary alicyclic amines) is 1. The van der Waals surface area contributed by atoms with E-state index in [0.717, 1.165) is 6.54 Å². The fraction of sp³-hybridized carbons (Fsp3) is 0.619. The fourth-order valence-corrected chi connectivity index (χ4v) is 4.16. The third-order valence-electron chi connectivity index (χ3n) is 5.63. The number of nitrogens with one attached hydrogen (secondary N) is 2. The lowest BCUT2D eigenvalue weighted by atomic mass is 9.84. The molecule has 2 N–H and O–H groups in total. The van der Waals surface area contributed by atoms with Crippen LogP contribution in [0.3, 0.4) is 0 Å². The summed E-state index contributed by atoms with van der Waals surface area (Å²) in [6.45, 7) is 14.7. The van der Waals surface area contributed by atoms with Crippen LogP contribution >= 0.6 is 0 Å². The first-order chi connectivity index (χ1) is 11.3.